The Labute approximate surface area is 198 Å². The molecule has 2 N–H and O–H groups in total. The Bertz CT molecular complexity index is 1290. The summed E-state index contributed by atoms with van der Waals surface area (Å²) in [7, 11) is 0. The Balaban J connectivity index is 1.54. The molecule has 0 aliphatic heterocycles. The molecule has 0 bridgehead atoms. The first kappa shape index (κ1) is 22.8. The van der Waals surface area contributed by atoms with Gasteiger partial charge in [0.05, 0.1) is 17.2 Å². The number of carboxylic acids is 1. The molecule has 0 aromatic heterocycles. The van der Waals surface area contributed by atoms with Crippen LogP contribution in [0.3, 0.4) is 0 Å². The summed E-state index contributed by atoms with van der Waals surface area (Å²) in [5.41, 5.74) is 4.31. The van der Waals surface area contributed by atoms with Crippen LogP contribution in [-0.2, 0) is 13.0 Å². The molecule has 0 fully saturated rings. The highest BCUT2D eigenvalue weighted by Gasteiger charge is 2.13. The minimum absolute atomic E-state index is 0.107. The van der Waals surface area contributed by atoms with Gasteiger partial charge in [0.25, 0.3) is 0 Å². The molecule has 0 saturated heterocycles. The van der Waals surface area contributed by atoms with Crippen LogP contribution in [0.25, 0.3) is 21.9 Å². The van der Waals surface area contributed by atoms with Gasteiger partial charge in [0, 0.05) is 6.54 Å². The van der Waals surface area contributed by atoms with Crippen LogP contribution in [0.2, 0.25) is 5.02 Å². The molecule has 4 nitrogen and oxygen atoms in total. The normalized spacial score (nSPS) is 11.0. The molecule has 0 spiro atoms. The lowest BCUT2D eigenvalue weighted by Gasteiger charge is -2.13. The highest BCUT2D eigenvalue weighted by Crippen LogP contribution is 2.32. The second kappa shape index (κ2) is 10.5. The van der Waals surface area contributed by atoms with Gasteiger partial charge in [0.15, 0.2) is 0 Å². The maximum absolute atomic E-state index is 11.6. The first-order valence-electron chi connectivity index (χ1n) is 11.0. The number of ether oxygens (including phenoxy) is 1. The Hall–Kier alpha value is -3.34. The summed E-state index contributed by atoms with van der Waals surface area (Å²) < 4.78 is 5.58. The Morgan fingerprint density at radius 2 is 1.82 bits per heavy atom. The molecule has 33 heavy (non-hydrogen) atoms. The minimum atomic E-state index is -1.03. The van der Waals surface area contributed by atoms with E-state index < -0.39 is 5.97 Å². The van der Waals surface area contributed by atoms with Crippen molar-refractivity contribution in [2.24, 2.45) is 0 Å². The SMILES string of the molecule is CCOc1cccc(CCNCc2cc(-c3ccc(Cl)c(C(=O)O)c3)c3ccccc3c2)c1. The van der Waals surface area contributed by atoms with Gasteiger partial charge in [-0.1, -0.05) is 54.1 Å². The summed E-state index contributed by atoms with van der Waals surface area (Å²) in [6, 6.07) is 25.8. The van der Waals surface area contributed by atoms with Crippen molar-refractivity contribution in [3.05, 3.63) is 101 Å². The standard InChI is InChI=1S/C28H26ClNO3/c1-2-33-23-8-5-6-19(15-23)12-13-30-18-20-14-21-7-3-4-9-24(21)25(16-20)22-10-11-27(29)26(17-22)28(31)32/h3-11,14-17,30H,2,12-13,18H2,1H3,(H,31,32). The Morgan fingerprint density at radius 3 is 2.64 bits per heavy atom. The second-order valence-electron chi connectivity index (χ2n) is 7.87. The van der Waals surface area contributed by atoms with E-state index in [0.717, 1.165) is 46.2 Å². The second-order valence-corrected chi connectivity index (χ2v) is 8.28. The zero-order valence-corrected chi connectivity index (χ0v) is 19.2. The fourth-order valence-electron chi connectivity index (χ4n) is 3.99. The van der Waals surface area contributed by atoms with Crippen molar-refractivity contribution >= 4 is 28.3 Å². The van der Waals surface area contributed by atoms with E-state index in [1.54, 1.807) is 12.1 Å². The van der Waals surface area contributed by atoms with E-state index in [2.05, 4.69) is 41.7 Å². The smallest absolute Gasteiger partial charge is 0.337 e. The predicted octanol–water partition coefficient (Wildman–Crippen LogP) is 6.59. The van der Waals surface area contributed by atoms with E-state index in [1.807, 2.05) is 37.3 Å². The predicted molar refractivity (Wildman–Crippen MR) is 134 cm³/mol. The van der Waals surface area contributed by atoms with Crippen LogP contribution in [0.5, 0.6) is 5.75 Å². The molecule has 168 valence electrons. The number of fused-ring (bicyclic) bond motifs is 1. The molecule has 4 rings (SSSR count). The van der Waals surface area contributed by atoms with E-state index in [1.165, 1.54) is 5.56 Å². The molecule has 0 aliphatic carbocycles. The van der Waals surface area contributed by atoms with Gasteiger partial charge in [-0.05, 0) is 89.3 Å². The van der Waals surface area contributed by atoms with Gasteiger partial charge in [-0.3, -0.25) is 0 Å². The van der Waals surface area contributed by atoms with Crippen molar-refractivity contribution in [2.45, 2.75) is 19.9 Å². The number of benzene rings is 4. The molecule has 0 unspecified atom stereocenters. The number of carbonyl (C=O) groups is 1. The molecule has 4 aromatic rings. The van der Waals surface area contributed by atoms with Gasteiger partial charge in [0.1, 0.15) is 5.75 Å². The van der Waals surface area contributed by atoms with Crippen molar-refractivity contribution in [3.8, 4) is 16.9 Å². The topological polar surface area (TPSA) is 58.6 Å². The van der Waals surface area contributed by atoms with E-state index in [9.17, 15) is 9.90 Å². The number of nitrogens with one attached hydrogen (secondary N) is 1. The number of carboxylic acid groups (broad SMARTS) is 1. The average Bonchev–Trinajstić information content (AvgIpc) is 2.82. The minimum Gasteiger partial charge on any atom is -0.494 e. The van der Waals surface area contributed by atoms with Crippen LogP contribution in [0.1, 0.15) is 28.4 Å². The number of aromatic carboxylic acids is 1. The molecule has 0 heterocycles. The molecular formula is C28H26ClNO3. The molecule has 0 radical (unpaired) electrons. The van der Waals surface area contributed by atoms with Gasteiger partial charge in [-0.2, -0.15) is 0 Å². The van der Waals surface area contributed by atoms with E-state index in [-0.39, 0.29) is 10.6 Å². The number of rotatable bonds is 9. The molecular weight excluding hydrogens is 434 g/mol. The van der Waals surface area contributed by atoms with Gasteiger partial charge in [0.2, 0.25) is 0 Å². The Kier molecular flexibility index (Phi) is 7.28. The number of halogens is 1. The van der Waals surface area contributed by atoms with E-state index >= 15 is 0 Å². The van der Waals surface area contributed by atoms with E-state index in [4.69, 9.17) is 16.3 Å². The van der Waals surface area contributed by atoms with E-state index in [0.29, 0.717) is 13.2 Å². The third-order valence-corrected chi connectivity index (χ3v) is 5.89. The maximum atomic E-state index is 11.6. The van der Waals surface area contributed by atoms with Gasteiger partial charge >= 0.3 is 5.97 Å². The van der Waals surface area contributed by atoms with Crippen molar-refractivity contribution in [1.82, 2.24) is 5.32 Å². The Morgan fingerprint density at radius 1 is 0.970 bits per heavy atom. The molecule has 4 aromatic carbocycles. The third-order valence-electron chi connectivity index (χ3n) is 5.56. The van der Waals surface area contributed by atoms with Crippen LogP contribution in [0, 0.1) is 0 Å². The summed E-state index contributed by atoms with van der Waals surface area (Å²) in [5, 5.41) is 15.4. The first-order valence-corrected chi connectivity index (χ1v) is 11.4. The molecule has 0 aliphatic rings. The molecule has 0 amide bonds. The van der Waals surface area contributed by atoms with Crippen LogP contribution in [0.15, 0.2) is 78.9 Å². The van der Waals surface area contributed by atoms with Crippen LogP contribution in [0.4, 0.5) is 0 Å². The average molecular weight is 460 g/mol. The summed E-state index contributed by atoms with van der Waals surface area (Å²) >= 11 is 6.09. The lowest BCUT2D eigenvalue weighted by atomic mass is 9.94. The fourth-order valence-corrected chi connectivity index (χ4v) is 4.19. The summed E-state index contributed by atoms with van der Waals surface area (Å²) in [6.07, 6.45) is 0.903. The van der Waals surface area contributed by atoms with Gasteiger partial charge in [-0.25, -0.2) is 4.79 Å². The van der Waals surface area contributed by atoms with Gasteiger partial charge < -0.3 is 15.2 Å². The number of hydrogen-bond acceptors (Lipinski definition) is 3. The van der Waals surface area contributed by atoms with Crippen LogP contribution in [-0.4, -0.2) is 24.2 Å². The molecule has 5 heteroatoms. The summed E-state index contributed by atoms with van der Waals surface area (Å²) in [5.74, 6) is -0.129. The maximum Gasteiger partial charge on any atom is 0.337 e. The fraction of sp³-hybridized carbons (Fsp3) is 0.179. The molecule has 0 saturated carbocycles. The lowest BCUT2D eigenvalue weighted by molar-refractivity contribution is 0.0697. The third kappa shape index (κ3) is 5.54. The summed E-state index contributed by atoms with van der Waals surface area (Å²) in [6.45, 7) is 4.19. The van der Waals surface area contributed by atoms with Crippen molar-refractivity contribution in [3.63, 3.8) is 0 Å². The van der Waals surface area contributed by atoms with Gasteiger partial charge in [-0.15, -0.1) is 0 Å². The first-order chi connectivity index (χ1) is 16.0. The summed E-state index contributed by atoms with van der Waals surface area (Å²) in [4.78, 5) is 11.6. The zero-order valence-electron chi connectivity index (χ0n) is 18.5. The lowest BCUT2D eigenvalue weighted by Crippen LogP contribution is -2.16. The highest BCUT2D eigenvalue weighted by atomic mass is 35.5. The van der Waals surface area contributed by atoms with Crippen LogP contribution >= 0.6 is 11.6 Å². The van der Waals surface area contributed by atoms with Crippen molar-refractivity contribution < 1.29 is 14.6 Å². The number of hydrogen-bond donors (Lipinski definition) is 2. The highest BCUT2D eigenvalue weighted by molar-refractivity contribution is 6.33. The van der Waals surface area contributed by atoms with Crippen molar-refractivity contribution in [1.29, 1.82) is 0 Å². The molecule has 0 atom stereocenters. The zero-order chi connectivity index (χ0) is 23.2. The van der Waals surface area contributed by atoms with Crippen molar-refractivity contribution in [2.75, 3.05) is 13.2 Å². The monoisotopic (exact) mass is 459 g/mol. The van der Waals surface area contributed by atoms with Crippen LogP contribution < -0.4 is 10.1 Å². The largest absolute Gasteiger partial charge is 0.494 e. The quantitative estimate of drug-likeness (QED) is 0.277.